The van der Waals surface area contributed by atoms with Crippen molar-refractivity contribution < 1.29 is 13.5 Å². The first kappa shape index (κ1) is 20.3. The van der Waals surface area contributed by atoms with E-state index in [0.29, 0.717) is 12.1 Å². The largest absolute Gasteiger partial charge is 0.392 e. The van der Waals surface area contributed by atoms with Gasteiger partial charge >= 0.3 is 0 Å². The summed E-state index contributed by atoms with van der Waals surface area (Å²) in [6.45, 7) is 3.38. The zero-order chi connectivity index (χ0) is 20.3. The third-order valence-electron chi connectivity index (χ3n) is 4.58. The third-order valence-corrected chi connectivity index (χ3v) is 6.40. The van der Waals surface area contributed by atoms with E-state index in [1.54, 1.807) is 12.1 Å². The van der Waals surface area contributed by atoms with Gasteiger partial charge in [0.2, 0.25) is 10.0 Å². The normalized spacial score (nSPS) is 12.0. The Morgan fingerprint density at radius 2 is 1.96 bits per heavy atom. The first-order valence-electron chi connectivity index (χ1n) is 9.22. The van der Waals surface area contributed by atoms with Crippen LogP contribution in [-0.2, 0) is 29.7 Å². The molecule has 0 fully saturated rings. The molecule has 2 aromatic carbocycles. The summed E-state index contributed by atoms with van der Waals surface area (Å²) < 4.78 is 28.2. The van der Waals surface area contributed by atoms with Gasteiger partial charge in [0, 0.05) is 26.3 Å². The van der Waals surface area contributed by atoms with Crippen LogP contribution in [0.4, 0.5) is 5.69 Å². The molecule has 0 aliphatic heterocycles. The molecule has 0 saturated heterocycles. The highest BCUT2D eigenvalue weighted by molar-refractivity contribution is 7.89. The molecule has 150 valence electrons. The summed E-state index contributed by atoms with van der Waals surface area (Å²) in [4.78, 5) is 4.93. The van der Waals surface area contributed by atoms with Crippen LogP contribution in [0.3, 0.4) is 0 Å². The van der Waals surface area contributed by atoms with Gasteiger partial charge < -0.3 is 15.0 Å². The van der Waals surface area contributed by atoms with Crippen LogP contribution in [0.25, 0.3) is 11.0 Å². The van der Waals surface area contributed by atoms with Gasteiger partial charge in [-0.1, -0.05) is 19.1 Å². The molecule has 8 heteroatoms. The lowest BCUT2D eigenvalue weighted by Crippen LogP contribution is -2.22. The Morgan fingerprint density at radius 1 is 1.18 bits per heavy atom. The number of sulfonamides is 1. The molecule has 0 amide bonds. The van der Waals surface area contributed by atoms with Crippen molar-refractivity contribution in [1.82, 2.24) is 13.9 Å². The van der Waals surface area contributed by atoms with Crippen LogP contribution in [-0.4, -0.2) is 41.5 Å². The molecule has 2 N–H and O–H groups in total. The monoisotopic (exact) mass is 402 g/mol. The Bertz CT molecular complexity index is 1070. The SMILES string of the molecule is CCCn1c(CNc2cccc(CO)c2)nc2cc(S(=O)(=O)N(C)C)ccc21. The minimum Gasteiger partial charge on any atom is -0.392 e. The van der Waals surface area contributed by atoms with Gasteiger partial charge in [0.15, 0.2) is 0 Å². The molecule has 0 aliphatic carbocycles. The molecule has 1 aromatic heterocycles. The summed E-state index contributed by atoms with van der Waals surface area (Å²) in [7, 11) is -0.465. The maximum Gasteiger partial charge on any atom is 0.242 e. The lowest BCUT2D eigenvalue weighted by Gasteiger charge is -2.12. The number of aliphatic hydroxyl groups is 1. The standard InChI is InChI=1S/C20H26N4O3S/c1-4-10-24-19-9-8-17(28(26,27)23(2)3)12-18(19)22-20(24)13-21-16-7-5-6-15(11-16)14-25/h5-9,11-12,21,25H,4,10,13-14H2,1-3H3. The molecule has 1 heterocycles. The molecule has 0 bridgehead atoms. The molecule has 0 aliphatic rings. The number of hydrogen-bond acceptors (Lipinski definition) is 5. The van der Waals surface area contributed by atoms with E-state index in [0.717, 1.165) is 35.6 Å². The Balaban J connectivity index is 1.95. The van der Waals surface area contributed by atoms with E-state index in [-0.39, 0.29) is 11.5 Å². The number of aryl methyl sites for hydroxylation is 1. The average molecular weight is 403 g/mol. The van der Waals surface area contributed by atoms with Crippen molar-refractivity contribution in [3.8, 4) is 0 Å². The number of hydrogen-bond donors (Lipinski definition) is 2. The van der Waals surface area contributed by atoms with E-state index in [9.17, 15) is 13.5 Å². The smallest absolute Gasteiger partial charge is 0.242 e. The van der Waals surface area contributed by atoms with Crippen LogP contribution in [0.2, 0.25) is 0 Å². The van der Waals surface area contributed by atoms with Crippen molar-refractivity contribution in [2.24, 2.45) is 0 Å². The van der Waals surface area contributed by atoms with Crippen LogP contribution in [0.1, 0.15) is 24.7 Å². The number of aliphatic hydroxyl groups excluding tert-OH is 1. The maximum atomic E-state index is 12.4. The number of benzene rings is 2. The van der Waals surface area contributed by atoms with Gasteiger partial charge in [-0.3, -0.25) is 0 Å². The molecular weight excluding hydrogens is 376 g/mol. The van der Waals surface area contributed by atoms with Crippen molar-refractivity contribution in [3.63, 3.8) is 0 Å². The number of nitrogens with zero attached hydrogens (tertiary/aromatic N) is 3. The molecular formula is C20H26N4O3S. The fourth-order valence-corrected chi connectivity index (χ4v) is 4.02. The van der Waals surface area contributed by atoms with E-state index in [2.05, 4.69) is 16.8 Å². The predicted molar refractivity (Wildman–Crippen MR) is 111 cm³/mol. The van der Waals surface area contributed by atoms with Gasteiger partial charge in [-0.05, 0) is 42.3 Å². The molecule has 0 unspecified atom stereocenters. The van der Waals surface area contributed by atoms with Crippen LogP contribution in [0, 0.1) is 0 Å². The third kappa shape index (κ3) is 4.04. The second-order valence-electron chi connectivity index (χ2n) is 6.83. The Kier molecular flexibility index (Phi) is 6.02. The van der Waals surface area contributed by atoms with Crippen LogP contribution >= 0.6 is 0 Å². The van der Waals surface area contributed by atoms with Gasteiger partial charge in [-0.2, -0.15) is 0 Å². The Labute approximate surface area is 165 Å². The second kappa shape index (κ2) is 8.30. The summed E-state index contributed by atoms with van der Waals surface area (Å²) in [6.07, 6.45) is 0.941. The van der Waals surface area contributed by atoms with Gasteiger partial charge in [0.1, 0.15) is 5.82 Å². The van der Waals surface area contributed by atoms with E-state index in [1.165, 1.54) is 18.4 Å². The van der Waals surface area contributed by atoms with E-state index >= 15 is 0 Å². The van der Waals surface area contributed by atoms with E-state index in [4.69, 9.17) is 4.98 Å². The minimum atomic E-state index is -3.50. The first-order valence-corrected chi connectivity index (χ1v) is 10.7. The number of fused-ring (bicyclic) bond motifs is 1. The quantitative estimate of drug-likeness (QED) is 0.605. The highest BCUT2D eigenvalue weighted by atomic mass is 32.2. The lowest BCUT2D eigenvalue weighted by molar-refractivity contribution is 0.282. The zero-order valence-electron chi connectivity index (χ0n) is 16.4. The Morgan fingerprint density at radius 3 is 2.64 bits per heavy atom. The lowest BCUT2D eigenvalue weighted by atomic mass is 10.2. The Hall–Kier alpha value is -2.42. The number of rotatable bonds is 8. The predicted octanol–water partition coefficient (Wildman–Crippen LogP) is 2.80. The zero-order valence-corrected chi connectivity index (χ0v) is 17.2. The van der Waals surface area contributed by atoms with Gasteiger partial charge in [-0.15, -0.1) is 0 Å². The number of imidazole rings is 1. The highest BCUT2D eigenvalue weighted by Gasteiger charge is 2.19. The van der Waals surface area contributed by atoms with E-state index in [1.807, 2.05) is 30.3 Å². The average Bonchev–Trinajstić information content (AvgIpc) is 3.03. The summed E-state index contributed by atoms with van der Waals surface area (Å²) in [5.74, 6) is 0.839. The van der Waals surface area contributed by atoms with Crippen molar-refractivity contribution in [3.05, 3.63) is 53.9 Å². The minimum absolute atomic E-state index is 0.00695. The van der Waals surface area contributed by atoms with Crippen molar-refractivity contribution in [2.75, 3.05) is 19.4 Å². The molecule has 3 aromatic rings. The van der Waals surface area contributed by atoms with Crippen molar-refractivity contribution in [2.45, 2.75) is 37.9 Å². The fraction of sp³-hybridized carbons (Fsp3) is 0.350. The van der Waals surface area contributed by atoms with Crippen molar-refractivity contribution in [1.29, 1.82) is 0 Å². The highest BCUT2D eigenvalue weighted by Crippen LogP contribution is 2.23. The number of anilines is 1. The molecule has 3 rings (SSSR count). The van der Waals surface area contributed by atoms with Crippen LogP contribution in [0.5, 0.6) is 0 Å². The van der Waals surface area contributed by atoms with Crippen LogP contribution in [0.15, 0.2) is 47.4 Å². The molecule has 7 nitrogen and oxygen atoms in total. The summed E-state index contributed by atoms with van der Waals surface area (Å²) in [6, 6.07) is 12.7. The molecule has 0 spiro atoms. The summed E-state index contributed by atoms with van der Waals surface area (Å²) in [5, 5.41) is 12.6. The molecule has 0 atom stereocenters. The number of aromatic nitrogens is 2. The summed E-state index contributed by atoms with van der Waals surface area (Å²) in [5.41, 5.74) is 3.32. The van der Waals surface area contributed by atoms with Gasteiger partial charge in [0.25, 0.3) is 0 Å². The maximum absolute atomic E-state index is 12.4. The second-order valence-corrected chi connectivity index (χ2v) is 8.98. The molecule has 0 radical (unpaired) electrons. The fourth-order valence-electron chi connectivity index (χ4n) is 3.10. The topological polar surface area (TPSA) is 87.5 Å². The van der Waals surface area contributed by atoms with Crippen molar-refractivity contribution >= 4 is 26.7 Å². The molecule has 28 heavy (non-hydrogen) atoms. The van der Waals surface area contributed by atoms with E-state index < -0.39 is 10.0 Å². The van der Waals surface area contributed by atoms with Crippen LogP contribution < -0.4 is 5.32 Å². The first-order chi connectivity index (χ1) is 13.4. The van der Waals surface area contributed by atoms with Gasteiger partial charge in [-0.25, -0.2) is 17.7 Å². The number of nitrogens with one attached hydrogen (secondary N) is 1. The summed E-state index contributed by atoms with van der Waals surface area (Å²) >= 11 is 0. The van der Waals surface area contributed by atoms with Gasteiger partial charge in [0.05, 0.1) is 29.1 Å². The molecule has 0 saturated carbocycles.